The van der Waals surface area contributed by atoms with E-state index < -0.39 is 0 Å². The van der Waals surface area contributed by atoms with Gasteiger partial charge in [0.1, 0.15) is 0 Å². The SMILES string of the molecule is CCCn1ccnc1OC=O. The van der Waals surface area contributed by atoms with Crippen molar-refractivity contribution in [3.05, 3.63) is 12.4 Å². The third-order valence-electron chi connectivity index (χ3n) is 1.30. The van der Waals surface area contributed by atoms with Gasteiger partial charge in [-0.1, -0.05) is 6.92 Å². The molecule has 4 heteroatoms. The minimum Gasteiger partial charge on any atom is -0.394 e. The van der Waals surface area contributed by atoms with Crippen LogP contribution >= 0.6 is 0 Å². The summed E-state index contributed by atoms with van der Waals surface area (Å²) in [6, 6.07) is 0.363. The smallest absolute Gasteiger partial charge is 0.303 e. The van der Waals surface area contributed by atoms with Gasteiger partial charge in [-0.25, -0.2) is 4.98 Å². The van der Waals surface area contributed by atoms with Crippen molar-refractivity contribution in [2.24, 2.45) is 0 Å². The summed E-state index contributed by atoms with van der Waals surface area (Å²) in [5, 5.41) is 0. The number of imidazole rings is 1. The highest BCUT2D eigenvalue weighted by Gasteiger charge is 2.00. The number of hydrogen-bond donors (Lipinski definition) is 0. The van der Waals surface area contributed by atoms with E-state index >= 15 is 0 Å². The summed E-state index contributed by atoms with van der Waals surface area (Å²) in [6.45, 7) is 3.25. The topological polar surface area (TPSA) is 44.1 Å². The van der Waals surface area contributed by atoms with Gasteiger partial charge in [-0.05, 0) is 6.42 Å². The van der Waals surface area contributed by atoms with Crippen molar-refractivity contribution in [1.29, 1.82) is 0 Å². The molecule has 0 N–H and O–H groups in total. The molecule has 0 spiro atoms. The van der Waals surface area contributed by atoms with Crippen molar-refractivity contribution in [2.75, 3.05) is 0 Å². The molecule has 1 heterocycles. The van der Waals surface area contributed by atoms with E-state index in [-0.39, 0.29) is 0 Å². The maximum absolute atomic E-state index is 9.95. The Morgan fingerprint density at radius 1 is 1.82 bits per heavy atom. The predicted molar refractivity (Wildman–Crippen MR) is 39.2 cm³/mol. The van der Waals surface area contributed by atoms with Gasteiger partial charge in [0.25, 0.3) is 0 Å². The van der Waals surface area contributed by atoms with E-state index in [9.17, 15) is 4.79 Å². The summed E-state index contributed by atoms with van der Waals surface area (Å²) < 4.78 is 6.39. The minimum absolute atomic E-state index is 0.363. The highest BCUT2D eigenvalue weighted by molar-refractivity contribution is 5.41. The Morgan fingerprint density at radius 3 is 3.27 bits per heavy atom. The maximum Gasteiger partial charge on any atom is 0.303 e. The Labute approximate surface area is 64.8 Å². The zero-order valence-corrected chi connectivity index (χ0v) is 6.36. The first-order chi connectivity index (χ1) is 5.38. The van der Waals surface area contributed by atoms with Gasteiger partial charge in [-0.2, -0.15) is 0 Å². The van der Waals surface area contributed by atoms with Crippen LogP contribution in [-0.4, -0.2) is 16.0 Å². The molecule has 60 valence electrons. The Bertz CT molecular complexity index is 232. The third-order valence-corrected chi connectivity index (χ3v) is 1.30. The van der Waals surface area contributed by atoms with Crippen LogP contribution in [0.15, 0.2) is 12.4 Å². The largest absolute Gasteiger partial charge is 0.394 e. The summed E-state index contributed by atoms with van der Waals surface area (Å²) in [5.74, 6) is 0. The van der Waals surface area contributed by atoms with E-state index in [1.165, 1.54) is 0 Å². The zero-order chi connectivity index (χ0) is 8.10. The first kappa shape index (κ1) is 7.78. The fourth-order valence-electron chi connectivity index (χ4n) is 0.868. The lowest BCUT2D eigenvalue weighted by atomic mass is 10.5. The molecule has 0 aliphatic rings. The third kappa shape index (κ3) is 1.80. The molecule has 0 radical (unpaired) electrons. The molecule has 11 heavy (non-hydrogen) atoms. The van der Waals surface area contributed by atoms with Crippen LogP contribution in [0.3, 0.4) is 0 Å². The molecule has 0 atom stereocenters. The fourth-order valence-corrected chi connectivity index (χ4v) is 0.868. The lowest BCUT2D eigenvalue weighted by Gasteiger charge is -2.01. The highest BCUT2D eigenvalue weighted by Crippen LogP contribution is 2.06. The average Bonchev–Trinajstić information content (AvgIpc) is 2.39. The molecular weight excluding hydrogens is 144 g/mol. The number of ether oxygens (including phenoxy) is 1. The minimum atomic E-state index is 0.363. The lowest BCUT2D eigenvalue weighted by Crippen LogP contribution is -2.00. The van der Waals surface area contributed by atoms with Crippen LogP contribution in [0.5, 0.6) is 6.01 Å². The Hall–Kier alpha value is -1.32. The van der Waals surface area contributed by atoms with Crippen LogP contribution in [0.2, 0.25) is 0 Å². The highest BCUT2D eigenvalue weighted by atomic mass is 16.5. The van der Waals surface area contributed by atoms with Gasteiger partial charge < -0.3 is 9.30 Å². The second-order valence-electron chi connectivity index (χ2n) is 2.12. The molecule has 1 rings (SSSR count). The van der Waals surface area contributed by atoms with Crippen LogP contribution in [0.4, 0.5) is 0 Å². The molecule has 0 bridgehead atoms. The molecule has 0 fully saturated rings. The molecule has 0 aromatic carbocycles. The van der Waals surface area contributed by atoms with Crippen LogP contribution in [0.1, 0.15) is 13.3 Å². The monoisotopic (exact) mass is 154 g/mol. The van der Waals surface area contributed by atoms with E-state index in [1.807, 2.05) is 6.92 Å². The summed E-state index contributed by atoms with van der Waals surface area (Å²) in [6.07, 6.45) is 4.38. The molecule has 4 nitrogen and oxygen atoms in total. The van der Waals surface area contributed by atoms with Crippen molar-refractivity contribution in [2.45, 2.75) is 19.9 Å². The predicted octanol–water partition coefficient (Wildman–Crippen LogP) is 0.828. The zero-order valence-electron chi connectivity index (χ0n) is 6.36. The molecule has 0 aliphatic heterocycles. The van der Waals surface area contributed by atoms with Gasteiger partial charge in [-0.3, -0.25) is 4.79 Å². The Kier molecular flexibility index (Phi) is 2.66. The Balaban J connectivity index is 2.69. The lowest BCUT2D eigenvalue weighted by molar-refractivity contribution is -0.121. The molecule has 0 unspecified atom stereocenters. The normalized spacial score (nSPS) is 9.55. The van der Waals surface area contributed by atoms with Gasteiger partial charge in [-0.15, -0.1) is 0 Å². The van der Waals surface area contributed by atoms with Gasteiger partial charge in [0.15, 0.2) is 0 Å². The number of aryl methyl sites for hydroxylation is 1. The number of carbonyl (C=O) groups is 1. The van der Waals surface area contributed by atoms with Crippen molar-refractivity contribution >= 4 is 6.47 Å². The maximum atomic E-state index is 9.95. The van der Waals surface area contributed by atoms with Crippen LogP contribution in [-0.2, 0) is 11.3 Å². The summed E-state index contributed by atoms with van der Waals surface area (Å²) >= 11 is 0. The number of nitrogens with zero attached hydrogens (tertiary/aromatic N) is 2. The number of aromatic nitrogens is 2. The first-order valence-electron chi connectivity index (χ1n) is 3.50. The van der Waals surface area contributed by atoms with Crippen LogP contribution in [0, 0.1) is 0 Å². The molecule has 0 aliphatic carbocycles. The van der Waals surface area contributed by atoms with Crippen molar-refractivity contribution < 1.29 is 9.53 Å². The number of carbonyl (C=O) groups excluding carboxylic acids is 1. The van der Waals surface area contributed by atoms with E-state index in [4.69, 9.17) is 0 Å². The average molecular weight is 154 g/mol. The number of hydrogen-bond acceptors (Lipinski definition) is 3. The molecule has 1 aromatic heterocycles. The number of rotatable bonds is 4. The molecule has 0 saturated carbocycles. The van der Waals surface area contributed by atoms with E-state index in [0.29, 0.717) is 12.5 Å². The van der Waals surface area contributed by atoms with E-state index in [1.54, 1.807) is 17.0 Å². The van der Waals surface area contributed by atoms with Gasteiger partial charge in [0.05, 0.1) is 0 Å². The van der Waals surface area contributed by atoms with Crippen LogP contribution in [0.25, 0.3) is 0 Å². The molecular formula is C7H10N2O2. The van der Waals surface area contributed by atoms with Crippen molar-refractivity contribution in [1.82, 2.24) is 9.55 Å². The standard InChI is InChI=1S/C7H10N2O2/c1-2-4-9-5-3-8-7(9)11-6-10/h3,5-6H,2,4H2,1H3. The summed E-state index contributed by atoms with van der Waals surface area (Å²) in [7, 11) is 0. The molecule has 0 saturated heterocycles. The fraction of sp³-hybridized carbons (Fsp3) is 0.429. The van der Waals surface area contributed by atoms with Gasteiger partial charge >= 0.3 is 12.5 Å². The molecule has 0 amide bonds. The van der Waals surface area contributed by atoms with Crippen molar-refractivity contribution in [3.63, 3.8) is 0 Å². The second kappa shape index (κ2) is 3.75. The second-order valence-corrected chi connectivity index (χ2v) is 2.12. The van der Waals surface area contributed by atoms with Crippen molar-refractivity contribution in [3.8, 4) is 6.01 Å². The van der Waals surface area contributed by atoms with E-state index in [0.717, 1.165) is 13.0 Å². The summed E-state index contributed by atoms with van der Waals surface area (Å²) in [4.78, 5) is 13.8. The first-order valence-corrected chi connectivity index (χ1v) is 3.50. The Morgan fingerprint density at radius 2 is 2.64 bits per heavy atom. The van der Waals surface area contributed by atoms with Crippen LogP contribution < -0.4 is 4.74 Å². The van der Waals surface area contributed by atoms with E-state index in [2.05, 4.69) is 9.72 Å². The van der Waals surface area contributed by atoms with Gasteiger partial charge in [0, 0.05) is 18.9 Å². The quantitative estimate of drug-likeness (QED) is 0.603. The molecule has 1 aromatic rings. The van der Waals surface area contributed by atoms with Gasteiger partial charge in [0.2, 0.25) is 0 Å². The summed E-state index contributed by atoms with van der Waals surface area (Å²) in [5.41, 5.74) is 0.